The first kappa shape index (κ1) is 12.5. The number of hydrogen-bond donors (Lipinski definition) is 3. The maximum Gasteiger partial charge on any atom is 0.259 e. The van der Waals surface area contributed by atoms with E-state index in [0.717, 1.165) is 4.31 Å². The first-order valence-electron chi connectivity index (χ1n) is 4.39. The summed E-state index contributed by atoms with van der Waals surface area (Å²) in [5.74, 6) is -0.0216. The highest BCUT2D eigenvalue weighted by molar-refractivity contribution is 7.89. The molecule has 8 nitrogen and oxygen atoms in total. The van der Waals surface area contributed by atoms with E-state index in [0.29, 0.717) is 0 Å². The lowest BCUT2D eigenvalue weighted by molar-refractivity contribution is 0.316. The van der Waals surface area contributed by atoms with Gasteiger partial charge >= 0.3 is 0 Å². The van der Waals surface area contributed by atoms with Crippen molar-refractivity contribution < 1.29 is 13.6 Å². The van der Waals surface area contributed by atoms with Crippen molar-refractivity contribution in [3.63, 3.8) is 0 Å². The zero-order chi connectivity index (χ0) is 12.2. The quantitative estimate of drug-likeness (QED) is 0.271. The first-order valence-corrected chi connectivity index (χ1v) is 5.83. The summed E-state index contributed by atoms with van der Waals surface area (Å²) in [4.78, 5) is 6.14. The van der Waals surface area contributed by atoms with Gasteiger partial charge in [-0.3, -0.25) is 0 Å². The monoisotopic (exact) mass is 247 g/mol. The molecule has 0 atom stereocenters. The smallest absolute Gasteiger partial charge is 0.259 e. The first-order chi connectivity index (χ1) is 7.48. The lowest BCUT2D eigenvalue weighted by Gasteiger charge is -2.14. The van der Waals surface area contributed by atoms with Crippen LogP contribution >= 0.6 is 0 Å². The van der Waals surface area contributed by atoms with Gasteiger partial charge < -0.3 is 15.9 Å². The Hall–Kier alpha value is -1.61. The average Bonchev–Trinajstić information content (AvgIpc) is 2.78. The maximum atomic E-state index is 11.8. The maximum absolute atomic E-state index is 11.8. The molecule has 0 radical (unpaired) electrons. The second kappa shape index (κ2) is 4.94. The molecule has 0 spiro atoms. The van der Waals surface area contributed by atoms with Crippen molar-refractivity contribution >= 4 is 15.9 Å². The number of sulfonamides is 1. The number of hydrogen-bond acceptors (Lipinski definition) is 5. The molecule has 0 aromatic carbocycles. The fraction of sp³-hybridized carbons (Fsp3) is 0.429. The summed E-state index contributed by atoms with van der Waals surface area (Å²) in [6.45, 7) is 0.122. The minimum absolute atomic E-state index is 0.00880. The predicted molar refractivity (Wildman–Crippen MR) is 56.4 cm³/mol. The van der Waals surface area contributed by atoms with Crippen LogP contribution in [0.2, 0.25) is 0 Å². The predicted octanol–water partition coefficient (Wildman–Crippen LogP) is -0.833. The summed E-state index contributed by atoms with van der Waals surface area (Å²) in [5.41, 5.74) is 5.24. The lowest BCUT2D eigenvalue weighted by atomic mass is 10.4. The number of nitrogens with zero attached hydrogens (tertiary/aromatic N) is 3. The summed E-state index contributed by atoms with van der Waals surface area (Å²) >= 11 is 0. The Kier molecular flexibility index (Phi) is 3.85. The van der Waals surface area contributed by atoms with Gasteiger partial charge in [-0.05, 0) is 0 Å². The van der Waals surface area contributed by atoms with Crippen LogP contribution < -0.4 is 5.73 Å². The molecule has 0 saturated heterocycles. The number of aromatic nitrogens is 2. The average molecular weight is 247 g/mol. The van der Waals surface area contributed by atoms with Crippen LogP contribution in [0.3, 0.4) is 0 Å². The summed E-state index contributed by atoms with van der Waals surface area (Å²) in [6, 6.07) is 0. The molecule has 9 heteroatoms. The van der Waals surface area contributed by atoms with E-state index >= 15 is 0 Å². The van der Waals surface area contributed by atoms with Gasteiger partial charge in [-0.15, -0.1) is 0 Å². The van der Waals surface area contributed by atoms with E-state index < -0.39 is 10.0 Å². The molecular weight excluding hydrogens is 234 g/mol. The second-order valence-electron chi connectivity index (χ2n) is 3.08. The van der Waals surface area contributed by atoms with Gasteiger partial charge in [-0.1, -0.05) is 5.16 Å². The van der Waals surface area contributed by atoms with E-state index in [9.17, 15) is 8.42 Å². The highest BCUT2D eigenvalue weighted by atomic mass is 32.2. The Morgan fingerprint density at radius 1 is 1.75 bits per heavy atom. The lowest BCUT2D eigenvalue weighted by Crippen LogP contribution is -2.30. The fourth-order valence-corrected chi connectivity index (χ4v) is 2.06. The van der Waals surface area contributed by atoms with E-state index in [4.69, 9.17) is 10.9 Å². The van der Waals surface area contributed by atoms with Gasteiger partial charge in [0, 0.05) is 20.0 Å². The van der Waals surface area contributed by atoms with Gasteiger partial charge in [0.25, 0.3) is 10.0 Å². The van der Waals surface area contributed by atoms with Gasteiger partial charge in [0.15, 0.2) is 5.03 Å². The Bertz CT molecular complexity index is 452. The minimum atomic E-state index is -3.58. The van der Waals surface area contributed by atoms with E-state index in [1.807, 2.05) is 0 Å². The van der Waals surface area contributed by atoms with E-state index in [1.165, 1.54) is 19.6 Å². The molecule has 1 rings (SSSR count). The summed E-state index contributed by atoms with van der Waals surface area (Å²) in [5, 5.41) is 11.1. The van der Waals surface area contributed by atoms with Crippen LogP contribution in [0.5, 0.6) is 0 Å². The third-order valence-electron chi connectivity index (χ3n) is 1.97. The zero-order valence-electron chi connectivity index (χ0n) is 8.66. The van der Waals surface area contributed by atoms with Crippen LogP contribution in [0, 0.1) is 0 Å². The molecule has 0 fully saturated rings. The summed E-state index contributed by atoms with van der Waals surface area (Å²) in [7, 11) is -2.17. The highest BCUT2D eigenvalue weighted by Gasteiger charge is 2.21. The fourth-order valence-electron chi connectivity index (χ4n) is 0.994. The van der Waals surface area contributed by atoms with E-state index in [2.05, 4.69) is 15.1 Å². The van der Waals surface area contributed by atoms with Gasteiger partial charge in [0.1, 0.15) is 5.84 Å². The molecule has 1 aromatic heterocycles. The second-order valence-corrected chi connectivity index (χ2v) is 5.10. The number of rotatable bonds is 5. The van der Waals surface area contributed by atoms with Gasteiger partial charge in [0.05, 0.1) is 12.5 Å². The molecule has 90 valence electrons. The SMILES string of the molecule is CN(CCC(N)=NO)S(=O)(=O)c1cnc[nH]1. The minimum Gasteiger partial charge on any atom is -0.409 e. The number of nitrogens with two attached hydrogens (primary N) is 1. The Balaban J connectivity index is 2.71. The van der Waals surface area contributed by atoms with Crippen molar-refractivity contribution in [2.45, 2.75) is 11.4 Å². The highest BCUT2D eigenvalue weighted by Crippen LogP contribution is 2.09. The summed E-state index contributed by atoms with van der Waals surface area (Å²) in [6.07, 6.45) is 2.65. The number of H-pyrrole nitrogens is 1. The Labute approximate surface area is 92.8 Å². The van der Waals surface area contributed by atoms with Crippen LogP contribution in [0.15, 0.2) is 22.7 Å². The Morgan fingerprint density at radius 3 is 2.94 bits per heavy atom. The van der Waals surface area contributed by atoms with Crippen molar-refractivity contribution in [1.29, 1.82) is 0 Å². The normalized spacial score (nSPS) is 13.2. The molecule has 0 aliphatic carbocycles. The standard InChI is InChI=1S/C7H13N5O3S/c1-12(3-2-6(8)11-13)16(14,15)7-4-9-5-10-7/h4-5,13H,2-3H2,1H3,(H2,8,11)(H,9,10). The van der Waals surface area contributed by atoms with Crippen LogP contribution in [-0.2, 0) is 10.0 Å². The van der Waals surface area contributed by atoms with Crippen molar-refractivity contribution in [1.82, 2.24) is 14.3 Å². The number of imidazole rings is 1. The zero-order valence-corrected chi connectivity index (χ0v) is 9.48. The molecule has 0 aliphatic rings. The number of amidine groups is 1. The molecule has 0 aliphatic heterocycles. The topological polar surface area (TPSA) is 125 Å². The van der Waals surface area contributed by atoms with Gasteiger partial charge in [-0.2, -0.15) is 4.31 Å². The van der Waals surface area contributed by atoms with Crippen LogP contribution in [0.1, 0.15) is 6.42 Å². The van der Waals surface area contributed by atoms with E-state index in [-0.39, 0.29) is 23.8 Å². The molecule has 0 bridgehead atoms. The van der Waals surface area contributed by atoms with Crippen molar-refractivity contribution in [3.8, 4) is 0 Å². The largest absolute Gasteiger partial charge is 0.409 e. The van der Waals surface area contributed by atoms with Crippen molar-refractivity contribution in [2.24, 2.45) is 10.9 Å². The van der Waals surface area contributed by atoms with Gasteiger partial charge in [0.2, 0.25) is 0 Å². The van der Waals surface area contributed by atoms with Crippen LogP contribution in [0.25, 0.3) is 0 Å². The third kappa shape index (κ3) is 2.70. The molecular formula is C7H13N5O3S. The van der Waals surface area contributed by atoms with Gasteiger partial charge in [-0.25, -0.2) is 13.4 Å². The van der Waals surface area contributed by atoms with Crippen LogP contribution in [0.4, 0.5) is 0 Å². The molecule has 1 heterocycles. The van der Waals surface area contributed by atoms with E-state index in [1.54, 1.807) is 0 Å². The number of nitrogens with one attached hydrogen (secondary N) is 1. The molecule has 0 unspecified atom stereocenters. The molecule has 1 aromatic rings. The van der Waals surface area contributed by atoms with Crippen molar-refractivity contribution in [2.75, 3.05) is 13.6 Å². The Morgan fingerprint density at radius 2 is 2.44 bits per heavy atom. The molecule has 16 heavy (non-hydrogen) atoms. The molecule has 0 amide bonds. The van der Waals surface area contributed by atoms with Crippen molar-refractivity contribution in [3.05, 3.63) is 12.5 Å². The third-order valence-corrected chi connectivity index (χ3v) is 3.75. The summed E-state index contributed by atoms with van der Waals surface area (Å²) < 4.78 is 24.7. The van der Waals surface area contributed by atoms with Crippen LogP contribution in [-0.4, -0.2) is 47.3 Å². The number of aromatic amines is 1. The number of oxime groups is 1. The molecule has 0 saturated carbocycles. The molecule has 4 N–H and O–H groups in total.